The molecule has 7 heteroatoms. The molecule has 0 fully saturated rings. The first-order chi connectivity index (χ1) is 13.6. The number of carbonyl (C=O) groups excluding carboxylic acids is 2. The van der Waals surface area contributed by atoms with Crippen LogP contribution in [0.25, 0.3) is 0 Å². The molecule has 4 N–H and O–H groups in total. The number of benzene rings is 1. The molecule has 5 nitrogen and oxygen atoms in total. The highest BCUT2D eigenvalue weighted by Crippen LogP contribution is 2.44. The molecule has 0 unspecified atom stereocenters. The molecule has 0 saturated heterocycles. The number of aryl methyl sites for hydroxylation is 1. The fourth-order valence-electron chi connectivity index (χ4n) is 3.77. The molecule has 1 aliphatic rings. The van der Waals surface area contributed by atoms with Crippen LogP contribution in [-0.2, 0) is 12.8 Å². The summed E-state index contributed by atoms with van der Waals surface area (Å²) in [5.74, 6) is -0.205. The first kappa shape index (κ1) is 21.5. The van der Waals surface area contributed by atoms with Crippen molar-refractivity contribution in [2.24, 2.45) is 17.1 Å². The van der Waals surface area contributed by atoms with E-state index in [4.69, 9.17) is 18.0 Å². The summed E-state index contributed by atoms with van der Waals surface area (Å²) in [6, 6.07) is 7.28. The second-order valence-electron chi connectivity index (χ2n) is 8.66. The van der Waals surface area contributed by atoms with Crippen LogP contribution >= 0.6 is 23.6 Å². The molecule has 1 aromatic heterocycles. The summed E-state index contributed by atoms with van der Waals surface area (Å²) in [4.78, 5) is 25.8. The van der Waals surface area contributed by atoms with E-state index >= 15 is 0 Å². The Kier molecular flexibility index (Phi) is 6.10. The number of amides is 2. The quantitative estimate of drug-likeness (QED) is 0.630. The molecule has 1 aromatic carbocycles. The largest absolute Gasteiger partial charge is 0.365 e. The van der Waals surface area contributed by atoms with Crippen LogP contribution in [0, 0.1) is 18.3 Å². The van der Waals surface area contributed by atoms with Crippen LogP contribution in [0.4, 0.5) is 5.00 Å². The van der Waals surface area contributed by atoms with Gasteiger partial charge in [-0.15, -0.1) is 11.3 Å². The van der Waals surface area contributed by atoms with Gasteiger partial charge >= 0.3 is 0 Å². The molecular weight excluding hydrogens is 402 g/mol. The number of primary amides is 1. The molecule has 1 atom stereocenters. The Bertz CT molecular complexity index is 973. The molecule has 0 aliphatic heterocycles. The molecule has 29 heavy (non-hydrogen) atoms. The third kappa shape index (κ3) is 4.85. The lowest BCUT2D eigenvalue weighted by molar-refractivity contribution is 0.0975. The number of thiocarbonyl (C=S) groups is 1. The van der Waals surface area contributed by atoms with Crippen molar-refractivity contribution >= 4 is 45.5 Å². The third-order valence-electron chi connectivity index (χ3n) is 5.47. The topological polar surface area (TPSA) is 84.2 Å². The zero-order valence-corrected chi connectivity index (χ0v) is 18.9. The second-order valence-corrected chi connectivity index (χ2v) is 10.2. The molecule has 0 radical (unpaired) electrons. The summed E-state index contributed by atoms with van der Waals surface area (Å²) in [6.45, 7) is 8.68. The zero-order valence-electron chi connectivity index (χ0n) is 17.2. The van der Waals surface area contributed by atoms with Gasteiger partial charge in [0.15, 0.2) is 5.11 Å². The highest BCUT2D eigenvalue weighted by Gasteiger charge is 2.33. The van der Waals surface area contributed by atoms with Crippen LogP contribution in [0.3, 0.4) is 0 Å². The number of thiophene rings is 1. The standard InChI is InChI=1S/C22H27N3O2S2/c1-12-6-5-7-13(10-12)19(27)24-21(28)25-20-17(18(23)26)15-9-8-14(22(2,3)4)11-16(15)29-20/h5-7,10,14H,8-9,11H2,1-4H3,(H2,23,26)(H2,24,25,27,28)/t14-/m0/s1. The van der Waals surface area contributed by atoms with Crippen LogP contribution in [0.1, 0.15) is 63.9 Å². The molecule has 154 valence electrons. The van der Waals surface area contributed by atoms with Gasteiger partial charge in [-0.05, 0) is 67.4 Å². The number of carbonyl (C=O) groups is 2. The van der Waals surface area contributed by atoms with Crippen molar-refractivity contribution < 1.29 is 9.59 Å². The molecular formula is C22H27N3O2S2. The first-order valence-corrected chi connectivity index (χ1v) is 10.9. The van der Waals surface area contributed by atoms with Gasteiger partial charge < -0.3 is 11.1 Å². The summed E-state index contributed by atoms with van der Waals surface area (Å²) in [5.41, 5.74) is 8.95. The van der Waals surface area contributed by atoms with E-state index in [1.54, 1.807) is 12.1 Å². The van der Waals surface area contributed by atoms with E-state index in [2.05, 4.69) is 31.4 Å². The summed E-state index contributed by atoms with van der Waals surface area (Å²) in [7, 11) is 0. The maximum absolute atomic E-state index is 12.4. The monoisotopic (exact) mass is 429 g/mol. The molecule has 3 rings (SSSR count). The van der Waals surface area contributed by atoms with Crippen molar-refractivity contribution in [3.05, 3.63) is 51.4 Å². The first-order valence-electron chi connectivity index (χ1n) is 9.69. The van der Waals surface area contributed by atoms with E-state index in [1.807, 2.05) is 19.1 Å². The minimum Gasteiger partial charge on any atom is -0.365 e. The van der Waals surface area contributed by atoms with Gasteiger partial charge in [0.1, 0.15) is 5.00 Å². The molecule has 2 aromatic rings. The molecule has 1 aliphatic carbocycles. The van der Waals surface area contributed by atoms with Gasteiger partial charge in [0.2, 0.25) is 0 Å². The summed E-state index contributed by atoms with van der Waals surface area (Å²) in [5, 5.41) is 6.50. The van der Waals surface area contributed by atoms with Gasteiger partial charge in [0.05, 0.1) is 5.56 Å². The van der Waals surface area contributed by atoms with Crippen molar-refractivity contribution in [3.8, 4) is 0 Å². The molecule has 0 saturated carbocycles. The van der Waals surface area contributed by atoms with Gasteiger partial charge in [-0.25, -0.2) is 0 Å². The molecule has 0 spiro atoms. The SMILES string of the molecule is Cc1cccc(C(=O)NC(=S)Nc2sc3c(c2C(N)=O)CC[C@H](C(C)(C)C)C3)c1. The smallest absolute Gasteiger partial charge is 0.257 e. The Morgan fingerprint density at radius 1 is 1.28 bits per heavy atom. The Balaban J connectivity index is 1.79. The maximum Gasteiger partial charge on any atom is 0.257 e. The average Bonchev–Trinajstić information content (AvgIpc) is 2.97. The number of nitrogens with two attached hydrogens (primary N) is 1. The van der Waals surface area contributed by atoms with Crippen molar-refractivity contribution in [2.45, 2.75) is 47.0 Å². The Morgan fingerprint density at radius 2 is 2.00 bits per heavy atom. The summed E-state index contributed by atoms with van der Waals surface area (Å²) in [6.07, 6.45) is 2.78. The van der Waals surface area contributed by atoms with E-state index in [0.717, 1.165) is 30.4 Å². The van der Waals surface area contributed by atoms with Crippen molar-refractivity contribution in [1.82, 2.24) is 5.32 Å². The van der Waals surface area contributed by atoms with E-state index in [0.29, 0.717) is 22.0 Å². The predicted octanol–water partition coefficient (Wildman–Crippen LogP) is 4.43. The van der Waals surface area contributed by atoms with Gasteiger partial charge in [-0.2, -0.15) is 0 Å². The molecule has 2 amide bonds. The van der Waals surface area contributed by atoms with Crippen molar-refractivity contribution in [2.75, 3.05) is 5.32 Å². The summed E-state index contributed by atoms with van der Waals surface area (Å²) < 4.78 is 0. The number of hydrogen-bond donors (Lipinski definition) is 3. The Labute approximate surface area is 181 Å². The highest BCUT2D eigenvalue weighted by molar-refractivity contribution is 7.80. The van der Waals surface area contributed by atoms with E-state index in [-0.39, 0.29) is 16.4 Å². The van der Waals surface area contributed by atoms with Crippen LogP contribution in [0.2, 0.25) is 0 Å². The zero-order chi connectivity index (χ0) is 21.3. The average molecular weight is 430 g/mol. The van der Waals surface area contributed by atoms with Gasteiger partial charge in [0, 0.05) is 10.4 Å². The van der Waals surface area contributed by atoms with E-state index in [1.165, 1.54) is 16.2 Å². The number of hydrogen-bond acceptors (Lipinski definition) is 4. The van der Waals surface area contributed by atoms with Gasteiger partial charge in [-0.3, -0.25) is 14.9 Å². The highest BCUT2D eigenvalue weighted by atomic mass is 32.1. The molecule has 0 bridgehead atoms. The van der Waals surface area contributed by atoms with Crippen LogP contribution < -0.4 is 16.4 Å². The predicted molar refractivity (Wildman–Crippen MR) is 123 cm³/mol. The second kappa shape index (κ2) is 8.24. The van der Waals surface area contributed by atoms with E-state index < -0.39 is 5.91 Å². The lowest BCUT2D eigenvalue weighted by atomic mass is 9.72. The number of nitrogens with one attached hydrogen (secondary N) is 2. The fourth-order valence-corrected chi connectivity index (χ4v) is 5.37. The van der Waals surface area contributed by atoms with Crippen molar-refractivity contribution in [1.29, 1.82) is 0 Å². The van der Waals surface area contributed by atoms with Crippen LogP contribution in [0.5, 0.6) is 0 Å². The number of rotatable bonds is 3. The number of anilines is 1. The minimum absolute atomic E-state index is 0.157. The van der Waals surface area contributed by atoms with Gasteiger partial charge in [0.25, 0.3) is 11.8 Å². The fraction of sp³-hybridized carbons (Fsp3) is 0.409. The normalized spacial score (nSPS) is 16.1. The van der Waals surface area contributed by atoms with Crippen LogP contribution in [0.15, 0.2) is 24.3 Å². The third-order valence-corrected chi connectivity index (χ3v) is 6.84. The Morgan fingerprint density at radius 3 is 2.62 bits per heavy atom. The maximum atomic E-state index is 12.4. The van der Waals surface area contributed by atoms with Gasteiger partial charge in [-0.1, -0.05) is 38.5 Å². The van der Waals surface area contributed by atoms with Crippen LogP contribution in [-0.4, -0.2) is 16.9 Å². The Hall–Kier alpha value is -2.25. The summed E-state index contributed by atoms with van der Waals surface area (Å²) >= 11 is 6.84. The number of fused-ring (bicyclic) bond motifs is 1. The van der Waals surface area contributed by atoms with Crippen molar-refractivity contribution in [3.63, 3.8) is 0 Å². The lowest BCUT2D eigenvalue weighted by Gasteiger charge is -2.33. The van der Waals surface area contributed by atoms with E-state index in [9.17, 15) is 9.59 Å². The molecule has 1 heterocycles. The minimum atomic E-state index is -0.466. The lowest BCUT2D eigenvalue weighted by Crippen LogP contribution is -2.34.